The van der Waals surface area contributed by atoms with E-state index >= 15 is 0 Å². The average molecular weight is 405 g/mol. The van der Waals surface area contributed by atoms with Gasteiger partial charge in [0.1, 0.15) is 0 Å². The summed E-state index contributed by atoms with van der Waals surface area (Å²) in [6, 6.07) is 13.9. The first-order valence-corrected chi connectivity index (χ1v) is 7.73. The molecule has 0 spiro atoms. The molecule has 0 radical (unpaired) electrons. The Hall–Kier alpha value is -0.550. The molecule has 5 heteroatoms. The molecule has 2 rings (SSSR count). The quantitative estimate of drug-likeness (QED) is 0.754. The normalized spacial score (nSPS) is 12.2. The molecule has 0 aliphatic heterocycles. The summed E-state index contributed by atoms with van der Waals surface area (Å²) in [5.74, 6) is 0. The molecule has 2 nitrogen and oxygen atoms in total. The van der Waals surface area contributed by atoms with Gasteiger partial charge >= 0.3 is 0 Å². The Balaban J connectivity index is 2.19. The fourth-order valence-electron chi connectivity index (χ4n) is 1.75. The number of hydrogen-bond acceptors (Lipinski definition) is 2. The lowest BCUT2D eigenvalue weighted by Crippen LogP contribution is -2.20. The van der Waals surface area contributed by atoms with Crippen LogP contribution >= 0.6 is 43.5 Å². The second-order valence-electron chi connectivity index (χ2n) is 4.11. The third-order valence-corrected chi connectivity index (χ3v) is 4.53. The Morgan fingerprint density at radius 1 is 1.11 bits per heavy atom. The van der Waals surface area contributed by atoms with Crippen molar-refractivity contribution in [2.75, 3.05) is 11.9 Å². The standard InChI is InChI=1S/C14H13Br2ClN2/c15-10-2-4-11(5-3-10)19-14(8-18)9-1-6-12(16)13(17)7-9/h1-7,14,19H,8,18H2. The van der Waals surface area contributed by atoms with Crippen LogP contribution in [0.25, 0.3) is 0 Å². The van der Waals surface area contributed by atoms with Crippen molar-refractivity contribution in [1.29, 1.82) is 0 Å². The lowest BCUT2D eigenvalue weighted by atomic mass is 10.1. The molecule has 19 heavy (non-hydrogen) atoms. The fraction of sp³-hybridized carbons (Fsp3) is 0.143. The number of hydrogen-bond donors (Lipinski definition) is 2. The largest absolute Gasteiger partial charge is 0.377 e. The number of halogens is 3. The number of nitrogens with two attached hydrogens (primary N) is 1. The lowest BCUT2D eigenvalue weighted by Gasteiger charge is -2.19. The van der Waals surface area contributed by atoms with E-state index in [9.17, 15) is 0 Å². The summed E-state index contributed by atoms with van der Waals surface area (Å²) in [5.41, 5.74) is 7.94. The van der Waals surface area contributed by atoms with Crippen LogP contribution in [0.15, 0.2) is 51.4 Å². The molecule has 0 heterocycles. The smallest absolute Gasteiger partial charge is 0.0636 e. The molecule has 2 aromatic rings. The molecule has 0 aliphatic carbocycles. The van der Waals surface area contributed by atoms with Gasteiger partial charge in [0, 0.05) is 21.2 Å². The van der Waals surface area contributed by atoms with Crippen molar-refractivity contribution in [2.45, 2.75) is 6.04 Å². The van der Waals surface area contributed by atoms with Crippen molar-refractivity contribution in [3.8, 4) is 0 Å². The highest BCUT2D eigenvalue weighted by molar-refractivity contribution is 9.10. The highest BCUT2D eigenvalue weighted by Gasteiger charge is 2.11. The van der Waals surface area contributed by atoms with Gasteiger partial charge in [-0.05, 0) is 57.9 Å². The van der Waals surface area contributed by atoms with Gasteiger partial charge in [-0.25, -0.2) is 0 Å². The van der Waals surface area contributed by atoms with Crippen LogP contribution in [0.4, 0.5) is 5.69 Å². The van der Waals surface area contributed by atoms with E-state index in [4.69, 9.17) is 17.3 Å². The predicted octanol–water partition coefficient (Wildman–Crippen LogP) is 4.98. The average Bonchev–Trinajstić information content (AvgIpc) is 2.41. The maximum atomic E-state index is 6.12. The van der Waals surface area contributed by atoms with Gasteiger partial charge in [-0.1, -0.05) is 33.6 Å². The molecule has 100 valence electrons. The van der Waals surface area contributed by atoms with E-state index in [1.165, 1.54) is 0 Å². The van der Waals surface area contributed by atoms with Crippen molar-refractivity contribution in [3.63, 3.8) is 0 Å². The SMILES string of the molecule is NCC(Nc1ccc(Br)cc1)c1ccc(Br)c(Cl)c1. The minimum absolute atomic E-state index is 0.0341. The molecular weight excluding hydrogens is 391 g/mol. The van der Waals surface area contributed by atoms with Crippen molar-refractivity contribution >= 4 is 49.1 Å². The van der Waals surface area contributed by atoms with Crippen LogP contribution in [0.5, 0.6) is 0 Å². The van der Waals surface area contributed by atoms with Crippen LogP contribution in [0.3, 0.4) is 0 Å². The van der Waals surface area contributed by atoms with Gasteiger partial charge in [0.2, 0.25) is 0 Å². The van der Waals surface area contributed by atoms with Crippen LogP contribution < -0.4 is 11.1 Å². The lowest BCUT2D eigenvalue weighted by molar-refractivity contribution is 0.790. The Kier molecular flexibility index (Phi) is 5.28. The van der Waals surface area contributed by atoms with Crippen LogP contribution in [0.1, 0.15) is 11.6 Å². The van der Waals surface area contributed by atoms with Gasteiger partial charge in [-0.2, -0.15) is 0 Å². The van der Waals surface area contributed by atoms with Gasteiger partial charge in [-0.15, -0.1) is 0 Å². The van der Waals surface area contributed by atoms with E-state index < -0.39 is 0 Å². The van der Waals surface area contributed by atoms with E-state index in [1.807, 2.05) is 42.5 Å². The zero-order chi connectivity index (χ0) is 13.8. The van der Waals surface area contributed by atoms with Crippen molar-refractivity contribution in [1.82, 2.24) is 0 Å². The van der Waals surface area contributed by atoms with Crippen molar-refractivity contribution < 1.29 is 0 Å². The maximum absolute atomic E-state index is 6.12. The molecule has 0 saturated heterocycles. The molecule has 1 unspecified atom stereocenters. The zero-order valence-electron chi connectivity index (χ0n) is 10.0. The predicted molar refractivity (Wildman–Crippen MR) is 88.7 cm³/mol. The number of anilines is 1. The minimum atomic E-state index is 0.0341. The Morgan fingerprint density at radius 3 is 2.37 bits per heavy atom. The van der Waals surface area contributed by atoms with E-state index in [1.54, 1.807) is 0 Å². The topological polar surface area (TPSA) is 38.0 Å². The molecule has 0 fully saturated rings. The molecule has 0 aliphatic rings. The van der Waals surface area contributed by atoms with Gasteiger partial charge in [0.15, 0.2) is 0 Å². The highest BCUT2D eigenvalue weighted by Crippen LogP contribution is 2.27. The summed E-state index contributed by atoms with van der Waals surface area (Å²) in [6.07, 6.45) is 0. The van der Waals surface area contributed by atoms with Crippen molar-refractivity contribution in [2.24, 2.45) is 5.73 Å². The Morgan fingerprint density at radius 2 is 1.79 bits per heavy atom. The molecule has 0 saturated carbocycles. The second kappa shape index (κ2) is 6.75. The van der Waals surface area contributed by atoms with Gasteiger partial charge in [0.25, 0.3) is 0 Å². The first kappa shape index (κ1) is 14.9. The summed E-state index contributed by atoms with van der Waals surface area (Å²) in [6.45, 7) is 0.494. The zero-order valence-corrected chi connectivity index (χ0v) is 14.0. The van der Waals surface area contributed by atoms with Crippen LogP contribution in [-0.4, -0.2) is 6.54 Å². The highest BCUT2D eigenvalue weighted by atomic mass is 79.9. The van der Waals surface area contributed by atoms with E-state index in [0.717, 1.165) is 20.2 Å². The Labute approximate surface area is 134 Å². The molecule has 0 bridgehead atoms. The molecule has 1 atom stereocenters. The maximum Gasteiger partial charge on any atom is 0.0636 e. The van der Waals surface area contributed by atoms with Crippen LogP contribution in [-0.2, 0) is 0 Å². The number of nitrogens with one attached hydrogen (secondary N) is 1. The van der Waals surface area contributed by atoms with E-state index in [-0.39, 0.29) is 6.04 Å². The number of rotatable bonds is 4. The molecule has 0 aromatic heterocycles. The first-order valence-electron chi connectivity index (χ1n) is 5.77. The van der Waals surface area contributed by atoms with E-state index in [0.29, 0.717) is 11.6 Å². The van der Waals surface area contributed by atoms with Gasteiger partial charge < -0.3 is 11.1 Å². The summed E-state index contributed by atoms with van der Waals surface area (Å²) >= 11 is 12.9. The van der Waals surface area contributed by atoms with Crippen LogP contribution in [0, 0.1) is 0 Å². The first-order chi connectivity index (χ1) is 9.10. The molecule has 0 amide bonds. The molecule has 2 aromatic carbocycles. The third kappa shape index (κ3) is 3.96. The fourth-order valence-corrected chi connectivity index (χ4v) is 2.45. The van der Waals surface area contributed by atoms with Gasteiger partial charge in [0.05, 0.1) is 11.1 Å². The minimum Gasteiger partial charge on any atom is -0.377 e. The summed E-state index contributed by atoms with van der Waals surface area (Å²) in [4.78, 5) is 0. The Bertz CT molecular complexity index is 558. The third-order valence-electron chi connectivity index (χ3n) is 2.77. The van der Waals surface area contributed by atoms with E-state index in [2.05, 4.69) is 37.2 Å². The summed E-state index contributed by atoms with van der Waals surface area (Å²) in [5, 5.41) is 4.09. The van der Waals surface area contributed by atoms with Crippen molar-refractivity contribution in [3.05, 3.63) is 62.0 Å². The molecular formula is C14H13Br2ClN2. The van der Waals surface area contributed by atoms with Gasteiger partial charge in [-0.3, -0.25) is 0 Å². The number of benzene rings is 2. The second-order valence-corrected chi connectivity index (χ2v) is 6.29. The monoisotopic (exact) mass is 402 g/mol. The summed E-state index contributed by atoms with van der Waals surface area (Å²) < 4.78 is 1.94. The molecule has 3 N–H and O–H groups in total. The summed E-state index contributed by atoms with van der Waals surface area (Å²) in [7, 11) is 0. The van der Waals surface area contributed by atoms with Crippen LogP contribution in [0.2, 0.25) is 5.02 Å².